The van der Waals surface area contributed by atoms with Crippen molar-refractivity contribution in [2.75, 3.05) is 13.9 Å². The molecule has 1 heterocycles. The Morgan fingerprint density at radius 1 is 1.19 bits per heavy atom. The number of fused-ring (bicyclic) bond motifs is 1. The van der Waals surface area contributed by atoms with Crippen LogP contribution in [0.4, 0.5) is 0 Å². The quantitative estimate of drug-likeness (QED) is 0.861. The van der Waals surface area contributed by atoms with Gasteiger partial charge in [0.2, 0.25) is 6.79 Å². The van der Waals surface area contributed by atoms with E-state index in [1.807, 2.05) is 42.5 Å². The number of para-hydroxylation sites is 1. The number of methoxy groups -OCH3 is 1. The second-order valence-electron chi connectivity index (χ2n) is 4.77. The highest BCUT2D eigenvalue weighted by molar-refractivity contribution is 5.49. The van der Waals surface area contributed by atoms with Crippen LogP contribution in [0.2, 0.25) is 0 Å². The summed E-state index contributed by atoms with van der Waals surface area (Å²) in [7, 11) is 1.64. The summed E-state index contributed by atoms with van der Waals surface area (Å²) in [5, 5.41) is 9.17. The summed E-state index contributed by atoms with van der Waals surface area (Å²) in [6.45, 7) is 0.246. The van der Waals surface area contributed by atoms with Crippen LogP contribution in [0.1, 0.15) is 23.5 Å². The van der Waals surface area contributed by atoms with Crippen molar-refractivity contribution in [1.29, 1.82) is 5.26 Å². The summed E-state index contributed by atoms with van der Waals surface area (Å²) >= 11 is 0. The van der Waals surface area contributed by atoms with Crippen LogP contribution in [0, 0.1) is 11.3 Å². The Hall–Kier alpha value is -2.67. The first kappa shape index (κ1) is 13.3. The van der Waals surface area contributed by atoms with Crippen molar-refractivity contribution >= 4 is 0 Å². The number of nitriles is 1. The zero-order valence-electron chi connectivity index (χ0n) is 11.7. The predicted molar refractivity (Wildman–Crippen MR) is 77.6 cm³/mol. The van der Waals surface area contributed by atoms with Gasteiger partial charge >= 0.3 is 0 Å². The van der Waals surface area contributed by atoms with Gasteiger partial charge in [-0.2, -0.15) is 5.26 Å². The van der Waals surface area contributed by atoms with E-state index in [1.165, 1.54) is 0 Å². The van der Waals surface area contributed by atoms with Crippen LogP contribution in [-0.4, -0.2) is 13.9 Å². The molecular weight excluding hydrogens is 266 g/mol. The lowest BCUT2D eigenvalue weighted by atomic mass is 9.88. The molecule has 0 aliphatic carbocycles. The number of rotatable bonds is 4. The SMILES string of the molecule is COc1ccccc1[C@H](CC#N)c1ccc2c(c1)OCO2. The normalized spacial score (nSPS) is 13.5. The highest BCUT2D eigenvalue weighted by Gasteiger charge is 2.21. The fraction of sp³-hybridized carbons (Fsp3) is 0.235. The molecule has 1 atom stereocenters. The Morgan fingerprint density at radius 2 is 2.00 bits per heavy atom. The Kier molecular flexibility index (Phi) is 3.65. The van der Waals surface area contributed by atoms with E-state index in [2.05, 4.69) is 6.07 Å². The van der Waals surface area contributed by atoms with Crippen LogP contribution in [-0.2, 0) is 0 Å². The molecule has 1 aliphatic heterocycles. The number of ether oxygens (including phenoxy) is 3. The molecule has 0 amide bonds. The summed E-state index contributed by atoms with van der Waals surface area (Å²) in [6, 6.07) is 15.8. The van der Waals surface area contributed by atoms with Crippen LogP contribution < -0.4 is 14.2 Å². The first-order valence-corrected chi connectivity index (χ1v) is 6.73. The molecule has 3 rings (SSSR count). The van der Waals surface area contributed by atoms with Crippen LogP contribution in [0.15, 0.2) is 42.5 Å². The average Bonchev–Trinajstić information content (AvgIpc) is 3.00. The van der Waals surface area contributed by atoms with Gasteiger partial charge in [-0.15, -0.1) is 0 Å². The van der Waals surface area contributed by atoms with Crippen LogP contribution >= 0.6 is 0 Å². The summed E-state index contributed by atoms with van der Waals surface area (Å²) in [5.41, 5.74) is 2.02. The van der Waals surface area contributed by atoms with E-state index >= 15 is 0 Å². The summed E-state index contributed by atoms with van der Waals surface area (Å²) in [6.07, 6.45) is 0.375. The Morgan fingerprint density at radius 3 is 2.81 bits per heavy atom. The first-order valence-electron chi connectivity index (χ1n) is 6.73. The highest BCUT2D eigenvalue weighted by atomic mass is 16.7. The van der Waals surface area contributed by atoms with Crippen molar-refractivity contribution in [3.8, 4) is 23.3 Å². The molecule has 4 heteroatoms. The third-order valence-corrected chi connectivity index (χ3v) is 3.61. The van der Waals surface area contributed by atoms with E-state index < -0.39 is 0 Å². The molecule has 2 aromatic rings. The molecule has 106 valence electrons. The van der Waals surface area contributed by atoms with Gasteiger partial charge in [0, 0.05) is 17.9 Å². The maximum atomic E-state index is 9.17. The third kappa shape index (κ3) is 2.50. The molecule has 0 bridgehead atoms. The maximum Gasteiger partial charge on any atom is 0.231 e. The van der Waals surface area contributed by atoms with E-state index in [1.54, 1.807) is 7.11 Å². The number of nitrogens with zero attached hydrogens (tertiary/aromatic N) is 1. The van der Waals surface area contributed by atoms with E-state index in [0.717, 1.165) is 28.4 Å². The fourth-order valence-corrected chi connectivity index (χ4v) is 2.58. The minimum absolute atomic E-state index is 0.0550. The zero-order valence-corrected chi connectivity index (χ0v) is 11.7. The molecule has 0 aromatic heterocycles. The van der Waals surface area contributed by atoms with E-state index in [9.17, 15) is 0 Å². The van der Waals surface area contributed by atoms with E-state index in [0.29, 0.717) is 6.42 Å². The molecule has 0 spiro atoms. The summed E-state index contributed by atoms with van der Waals surface area (Å²) in [4.78, 5) is 0. The molecule has 0 radical (unpaired) electrons. The predicted octanol–water partition coefficient (Wildman–Crippen LogP) is 3.47. The number of hydrogen-bond donors (Lipinski definition) is 0. The maximum absolute atomic E-state index is 9.17. The van der Waals surface area contributed by atoms with Crippen molar-refractivity contribution in [2.45, 2.75) is 12.3 Å². The largest absolute Gasteiger partial charge is 0.496 e. The zero-order chi connectivity index (χ0) is 14.7. The van der Waals surface area contributed by atoms with Gasteiger partial charge in [0.05, 0.1) is 13.2 Å². The molecule has 0 unspecified atom stereocenters. The van der Waals surface area contributed by atoms with Gasteiger partial charge in [0.25, 0.3) is 0 Å². The highest BCUT2D eigenvalue weighted by Crippen LogP contribution is 2.39. The first-order chi connectivity index (χ1) is 10.3. The standard InChI is InChI=1S/C17H15NO3/c1-19-15-5-3-2-4-14(15)13(8-9-18)12-6-7-16-17(10-12)21-11-20-16/h2-7,10,13H,8,11H2,1H3/t13-/m1/s1. The molecule has 0 N–H and O–H groups in total. The van der Waals surface area contributed by atoms with Crippen LogP contribution in [0.25, 0.3) is 0 Å². The van der Waals surface area contributed by atoms with Crippen molar-refractivity contribution in [1.82, 2.24) is 0 Å². The van der Waals surface area contributed by atoms with Gasteiger partial charge in [0.15, 0.2) is 11.5 Å². The second kappa shape index (κ2) is 5.76. The topological polar surface area (TPSA) is 51.5 Å². The summed E-state index contributed by atoms with van der Waals surface area (Å²) in [5.74, 6) is 2.20. The molecule has 1 aliphatic rings. The van der Waals surface area contributed by atoms with Crippen LogP contribution in [0.5, 0.6) is 17.2 Å². The van der Waals surface area contributed by atoms with Gasteiger partial charge in [-0.3, -0.25) is 0 Å². The lowest BCUT2D eigenvalue weighted by Crippen LogP contribution is -2.03. The molecule has 21 heavy (non-hydrogen) atoms. The lowest BCUT2D eigenvalue weighted by Gasteiger charge is -2.18. The lowest BCUT2D eigenvalue weighted by molar-refractivity contribution is 0.174. The monoisotopic (exact) mass is 281 g/mol. The minimum atomic E-state index is -0.0550. The van der Waals surface area contributed by atoms with Crippen molar-refractivity contribution in [3.05, 3.63) is 53.6 Å². The molecular formula is C17H15NO3. The van der Waals surface area contributed by atoms with Gasteiger partial charge < -0.3 is 14.2 Å². The molecule has 0 fully saturated rings. The van der Waals surface area contributed by atoms with Gasteiger partial charge in [-0.05, 0) is 23.8 Å². The number of hydrogen-bond acceptors (Lipinski definition) is 4. The van der Waals surface area contributed by atoms with Crippen molar-refractivity contribution in [2.24, 2.45) is 0 Å². The molecule has 0 saturated heterocycles. The smallest absolute Gasteiger partial charge is 0.231 e. The van der Waals surface area contributed by atoms with E-state index in [-0.39, 0.29) is 12.7 Å². The molecule has 0 saturated carbocycles. The Balaban J connectivity index is 2.04. The third-order valence-electron chi connectivity index (χ3n) is 3.61. The van der Waals surface area contributed by atoms with Crippen LogP contribution in [0.3, 0.4) is 0 Å². The average molecular weight is 281 g/mol. The summed E-state index contributed by atoms with van der Waals surface area (Å²) < 4.78 is 16.2. The second-order valence-corrected chi connectivity index (χ2v) is 4.77. The Labute approximate surface area is 123 Å². The fourth-order valence-electron chi connectivity index (χ4n) is 2.58. The minimum Gasteiger partial charge on any atom is -0.496 e. The van der Waals surface area contributed by atoms with Crippen molar-refractivity contribution in [3.63, 3.8) is 0 Å². The molecule has 4 nitrogen and oxygen atoms in total. The van der Waals surface area contributed by atoms with Gasteiger partial charge in [-0.1, -0.05) is 24.3 Å². The van der Waals surface area contributed by atoms with Gasteiger partial charge in [0.1, 0.15) is 5.75 Å². The van der Waals surface area contributed by atoms with Gasteiger partial charge in [-0.25, -0.2) is 0 Å². The molecule has 2 aromatic carbocycles. The van der Waals surface area contributed by atoms with E-state index in [4.69, 9.17) is 19.5 Å². The Bertz CT molecular complexity index is 691. The van der Waals surface area contributed by atoms with Crippen molar-refractivity contribution < 1.29 is 14.2 Å². The number of benzene rings is 2.